The molecular weight excluding hydrogens is 584 g/mol. The first-order chi connectivity index (χ1) is 19.6. The minimum Gasteiger partial charge on any atom is -0.184 e. The van der Waals surface area contributed by atoms with E-state index in [0.29, 0.717) is 11.3 Å². The molecule has 42 heavy (non-hydrogen) atoms. The normalized spacial score (nSPS) is 14.9. The molecule has 2 aliphatic carbocycles. The van der Waals surface area contributed by atoms with Crippen molar-refractivity contribution in [3.05, 3.63) is 125 Å². The van der Waals surface area contributed by atoms with Gasteiger partial charge in [0, 0.05) is 0 Å². The second kappa shape index (κ2) is 16.7. The molecule has 0 amide bonds. The van der Waals surface area contributed by atoms with Gasteiger partial charge in [0.2, 0.25) is 0 Å². The van der Waals surface area contributed by atoms with Crippen molar-refractivity contribution >= 4 is 4.21 Å². The van der Waals surface area contributed by atoms with Crippen LogP contribution in [0.2, 0.25) is 0 Å². The summed E-state index contributed by atoms with van der Waals surface area (Å²) in [6.07, 6.45) is 6.74. The van der Waals surface area contributed by atoms with Gasteiger partial charge in [0.15, 0.2) is 0 Å². The van der Waals surface area contributed by atoms with E-state index in [1.807, 2.05) is 30.3 Å². The van der Waals surface area contributed by atoms with E-state index in [4.69, 9.17) is 0 Å². The number of benzene rings is 3. The molecule has 0 aliphatic heterocycles. The Bertz CT molecular complexity index is 1210. The van der Waals surface area contributed by atoms with Crippen molar-refractivity contribution in [3.63, 3.8) is 0 Å². The maximum Gasteiger partial charge on any atom is -0.171 e. The fourth-order valence-electron chi connectivity index (χ4n) is 5.02. The summed E-state index contributed by atoms with van der Waals surface area (Å²) in [7, 11) is 0. The number of allylic oxidation sites excluding steroid dienone is 4. The van der Waals surface area contributed by atoms with Gasteiger partial charge in [0.1, 0.15) is 0 Å². The van der Waals surface area contributed by atoms with Crippen molar-refractivity contribution < 1.29 is 24.2 Å². The maximum absolute atomic E-state index is 3.67. The molecule has 1 atom stereocenters. The van der Waals surface area contributed by atoms with E-state index in [0.717, 1.165) is 6.42 Å². The van der Waals surface area contributed by atoms with Crippen molar-refractivity contribution in [3.8, 4) is 11.1 Å². The Hall–Kier alpha value is -2.11. The van der Waals surface area contributed by atoms with Crippen molar-refractivity contribution in [2.45, 2.75) is 100 Å². The van der Waals surface area contributed by atoms with Crippen LogP contribution < -0.4 is 0 Å². The van der Waals surface area contributed by atoms with Crippen molar-refractivity contribution in [2.75, 3.05) is 0 Å². The molecule has 1 unspecified atom stereocenters. The molecular formula is C41H54Zr-4. The predicted molar refractivity (Wildman–Crippen MR) is 183 cm³/mol. The summed E-state index contributed by atoms with van der Waals surface area (Å²) in [6, 6.07) is 27.7. The summed E-state index contributed by atoms with van der Waals surface area (Å²) >= 11 is 1.30. The SMILES string of the molecule is CC(C)(C)c1[c-]c2c(cc1)-c1ccc(C(C)(C)C)cc1C2.CC1=[C-]C(C)C=C1C(C)(C)C.[CH2-]C.[CH2]=[Zr].[c-]1ccccc1. The summed E-state index contributed by atoms with van der Waals surface area (Å²) in [4.78, 5) is 0. The van der Waals surface area contributed by atoms with Gasteiger partial charge in [-0.1, -0.05) is 111 Å². The van der Waals surface area contributed by atoms with Gasteiger partial charge in [-0.05, 0) is 28.4 Å². The van der Waals surface area contributed by atoms with Crippen LogP contribution in [0.15, 0.2) is 77.9 Å². The van der Waals surface area contributed by atoms with E-state index >= 15 is 0 Å². The summed E-state index contributed by atoms with van der Waals surface area (Å²) in [6.45, 7) is 29.7. The molecule has 0 aromatic heterocycles. The molecule has 0 saturated heterocycles. The Labute approximate surface area is 275 Å². The second-order valence-electron chi connectivity index (χ2n) is 13.8. The summed E-state index contributed by atoms with van der Waals surface area (Å²) in [5.41, 5.74) is 11.8. The molecule has 3 aromatic rings. The van der Waals surface area contributed by atoms with Gasteiger partial charge < -0.3 is 6.92 Å². The van der Waals surface area contributed by atoms with Crippen LogP contribution in [0.5, 0.6) is 0 Å². The van der Waals surface area contributed by atoms with Crippen LogP contribution in [0.3, 0.4) is 0 Å². The van der Waals surface area contributed by atoms with Crippen molar-refractivity contribution in [1.29, 1.82) is 0 Å². The van der Waals surface area contributed by atoms with E-state index in [9.17, 15) is 0 Å². The van der Waals surface area contributed by atoms with Gasteiger partial charge in [0.25, 0.3) is 0 Å². The first-order valence-electron chi connectivity index (χ1n) is 15.1. The molecule has 0 saturated carbocycles. The standard InChI is InChI=1S/C21H25.C11H17.C6H5.C2H5.CH2.Zr/c1-20(2,3)16-7-9-18-14(12-16)11-15-13-17(21(4,5)6)8-10-19(15)18;1-8-6-9(2)10(7-8)11(3,4)5;1-2-4-6-5-3-1;1-2;;/h7-10,12H,11H2,1-6H3;7-8H,1-5H3;1-5H;1H2,2H3;1H2;/q4*-1;;. The average molecular weight is 638 g/mol. The van der Waals surface area contributed by atoms with Crippen LogP contribution in [0.4, 0.5) is 0 Å². The Kier molecular flexibility index (Phi) is 15.0. The maximum atomic E-state index is 3.67. The number of hydrogen-bond donors (Lipinski definition) is 0. The average Bonchev–Trinajstić information content (AvgIpc) is 3.49. The van der Waals surface area contributed by atoms with Crippen LogP contribution in [-0.4, -0.2) is 4.21 Å². The molecule has 0 heterocycles. The van der Waals surface area contributed by atoms with Crippen LogP contribution in [0.1, 0.15) is 105 Å². The third-order valence-corrected chi connectivity index (χ3v) is 7.14. The molecule has 0 spiro atoms. The first-order valence-corrected chi connectivity index (χ1v) is 16.8. The zero-order valence-corrected chi connectivity index (χ0v) is 31.0. The van der Waals surface area contributed by atoms with Crippen LogP contribution >= 0.6 is 0 Å². The van der Waals surface area contributed by atoms with Gasteiger partial charge in [-0.25, -0.2) is 5.57 Å². The summed E-state index contributed by atoms with van der Waals surface area (Å²) < 4.78 is 3.34. The molecule has 0 N–H and O–H groups in total. The summed E-state index contributed by atoms with van der Waals surface area (Å²) in [5, 5.41) is 0. The fourth-order valence-corrected chi connectivity index (χ4v) is 5.02. The molecule has 0 nitrogen and oxygen atoms in total. The molecule has 3 aromatic carbocycles. The summed E-state index contributed by atoms with van der Waals surface area (Å²) in [5.74, 6) is 0.518. The number of fused-ring (bicyclic) bond motifs is 3. The van der Waals surface area contributed by atoms with Gasteiger partial charge in [-0.3, -0.25) is 6.08 Å². The Balaban J connectivity index is 0.000000350. The van der Waals surface area contributed by atoms with E-state index in [-0.39, 0.29) is 10.8 Å². The molecule has 1 heteroatoms. The molecule has 0 bridgehead atoms. The van der Waals surface area contributed by atoms with Gasteiger partial charge in [0.05, 0.1) is 0 Å². The van der Waals surface area contributed by atoms with E-state index in [1.165, 1.54) is 68.8 Å². The topological polar surface area (TPSA) is 0 Å². The minimum atomic E-state index is 0.167. The van der Waals surface area contributed by atoms with Crippen molar-refractivity contribution in [2.24, 2.45) is 11.3 Å². The third-order valence-electron chi connectivity index (χ3n) is 7.14. The smallest absolute Gasteiger partial charge is 0.171 e. The molecule has 2 aliphatic rings. The zero-order chi connectivity index (χ0) is 32.3. The number of hydrogen-bond acceptors (Lipinski definition) is 0. The Morgan fingerprint density at radius 1 is 0.786 bits per heavy atom. The van der Waals surface area contributed by atoms with Crippen LogP contribution in [0, 0.1) is 36.5 Å². The predicted octanol–water partition coefficient (Wildman–Crippen LogP) is 11.3. The number of rotatable bonds is 0. The van der Waals surface area contributed by atoms with Crippen molar-refractivity contribution in [1.82, 2.24) is 0 Å². The van der Waals surface area contributed by atoms with Gasteiger partial charge in [-0.15, -0.1) is 11.1 Å². The van der Waals surface area contributed by atoms with Gasteiger partial charge >= 0.3 is 28.4 Å². The molecule has 5 rings (SSSR count). The largest absolute Gasteiger partial charge is 0.184 e. The zero-order valence-electron chi connectivity index (χ0n) is 28.5. The quantitative estimate of drug-likeness (QED) is 0.168. The van der Waals surface area contributed by atoms with E-state index in [1.54, 1.807) is 6.92 Å². The monoisotopic (exact) mass is 636 g/mol. The minimum absolute atomic E-state index is 0.167. The van der Waals surface area contributed by atoms with Gasteiger partial charge in [-0.2, -0.15) is 78.7 Å². The molecule has 0 radical (unpaired) electrons. The van der Waals surface area contributed by atoms with E-state index < -0.39 is 0 Å². The first kappa shape index (κ1) is 37.9. The molecule has 226 valence electrons. The molecule has 0 fully saturated rings. The Morgan fingerprint density at radius 3 is 1.74 bits per heavy atom. The van der Waals surface area contributed by atoms with Crippen LogP contribution in [0.25, 0.3) is 11.1 Å². The van der Waals surface area contributed by atoms with E-state index in [2.05, 4.69) is 142 Å². The third kappa shape index (κ3) is 11.2. The van der Waals surface area contributed by atoms with Crippen LogP contribution in [-0.2, 0) is 41.5 Å². The Morgan fingerprint density at radius 2 is 1.36 bits per heavy atom. The fraction of sp³-hybridized carbons (Fsp3) is 0.415. The second-order valence-corrected chi connectivity index (χ2v) is 13.8.